The molecule has 0 unspecified atom stereocenters. The maximum atomic E-state index is 14.0. The second-order valence-corrected chi connectivity index (χ2v) is 13.2. The Labute approximate surface area is 318 Å². The fourth-order valence-electron chi connectivity index (χ4n) is 5.80. The maximum absolute atomic E-state index is 14.0. The minimum atomic E-state index is -1.48. The molecule has 2 bridgehead atoms. The lowest BCUT2D eigenvalue weighted by atomic mass is 10.00. The zero-order valence-corrected chi connectivity index (χ0v) is 31.8. The van der Waals surface area contributed by atoms with E-state index in [1.807, 2.05) is 12.1 Å². The van der Waals surface area contributed by atoms with Crippen molar-refractivity contribution in [2.75, 3.05) is 41.6 Å². The van der Waals surface area contributed by atoms with Crippen LogP contribution in [-0.4, -0.2) is 96.5 Å². The van der Waals surface area contributed by atoms with Crippen molar-refractivity contribution in [1.29, 1.82) is 0 Å². The van der Waals surface area contributed by atoms with E-state index in [1.165, 1.54) is 31.0 Å². The molecule has 17 nitrogen and oxygen atoms in total. The predicted molar refractivity (Wildman–Crippen MR) is 198 cm³/mol. The summed E-state index contributed by atoms with van der Waals surface area (Å²) in [5.41, 5.74) is 0.141. The van der Waals surface area contributed by atoms with Gasteiger partial charge in [0, 0.05) is 18.9 Å². The highest BCUT2D eigenvalue weighted by molar-refractivity contribution is 6.00. The van der Waals surface area contributed by atoms with Gasteiger partial charge < -0.3 is 45.0 Å². The molecule has 4 N–H and O–H groups in total. The predicted octanol–water partition coefficient (Wildman–Crippen LogP) is 1.92. The molecule has 2 aromatic heterocycles. The first-order valence-electron chi connectivity index (χ1n) is 17.5. The van der Waals surface area contributed by atoms with Gasteiger partial charge in [0.1, 0.15) is 41.9 Å². The number of hydrogen-bond acceptors (Lipinski definition) is 12. The molecule has 0 fully saturated rings. The minimum absolute atomic E-state index is 0.00952. The molecule has 17 heteroatoms. The molecular weight excluding hydrogens is 712 g/mol. The molecule has 0 saturated heterocycles. The highest BCUT2D eigenvalue weighted by Gasteiger charge is 2.35. The summed E-state index contributed by atoms with van der Waals surface area (Å²) < 4.78 is 28.5. The van der Waals surface area contributed by atoms with Gasteiger partial charge in [-0.15, -0.1) is 0 Å². The number of carbonyl (C=O) groups excluding carboxylic acids is 4. The molecular formula is C38H46N8O9. The Hall–Kier alpha value is -6.39. The Kier molecular flexibility index (Phi) is 12.8. The zero-order chi connectivity index (χ0) is 39.7. The summed E-state index contributed by atoms with van der Waals surface area (Å²) in [7, 11) is 5.90. The van der Waals surface area contributed by atoms with Gasteiger partial charge in [0.05, 0.1) is 41.0 Å². The number of ether oxygens (including phenoxy) is 5. The molecule has 0 spiro atoms. The molecule has 0 radical (unpaired) electrons. The molecule has 0 saturated carbocycles. The number of hydrogen-bond donors (Lipinski definition) is 4. The van der Waals surface area contributed by atoms with Gasteiger partial charge in [-0.25, -0.2) is 9.67 Å². The smallest absolute Gasteiger partial charge is 0.257 e. The summed E-state index contributed by atoms with van der Waals surface area (Å²) in [5.74, 6) is 0.496. The summed E-state index contributed by atoms with van der Waals surface area (Å²) >= 11 is 0. The monoisotopic (exact) mass is 758 g/mol. The van der Waals surface area contributed by atoms with Crippen LogP contribution < -0.4 is 45.0 Å². The highest BCUT2D eigenvalue weighted by Crippen LogP contribution is 2.28. The Bertz CT molecular complexity index is 2020. The van der Waals surface area contributed by atoms with Gasteiger partial charge in [-0.2, -0.15) is 10.1 Å². The average molecular weight is 759 g/mol. The van der Waals surface area contributed by atoms with E-state index in [-0.39, 0.29) is 49.3 Å². The van der Waals surface area contributed by atoms with Crippen LogP contribution in [0.2, 0.25) is 0 Å². The van der Waals surface area contributed by atoms with Crippen molar-refractivity contribution in [2.24, 2.45) is 0 Å². The number of rotatable bonds is 8. The molecule has 2 aliphatic heterocycles. The lowest BCUT2D eigenvalue weighted by molar-refractivity contribution is -0.133. The van der Waals surface area contributed by atoms with E-state index in [0.717, 1.165) is 5.56 Å². The fraction of sp³-hybridized carbons (Fsp3) is 0.395. The number of nitrogens with one attached hydrogen (secondary N) is 4. The van der Waals surface area contributed by atoms with Gasteiger partial charge in [-0.3, -0.25) is 19.2 Å². The van der Waals surface area contributed by atoms with E-state index in [2.05, 4.69) is 31.3 Å². The van der Waals surface area contributed by atoms with E-state index in [4.69, 9.17) is 28.7 Å². The van der Waals surface area contributed by atoms with Gasteiger partial charge in [-0.05, 0) is 62.2 Å². The van der Waals surface area contributed by atoms with Gasteiger partial charge in [0.25, 0.3) is 5.91 Å². The number of aromatic nitrogens is 4. The lowest BCUT2D eigenvalue weighted by Crippen LogP contribution is -2.59. The number of fused-ring (bicyclic) bond motifs is 14. The van der Waals surface area contributed by atoms with Gasteiger partial charge in [0.15, 0.2) is 17.3 Å². The van der Waals surface area contributed by atoms with E-state index < -0.39 is 35.3 Å². The quantitative estimate of drug-likeness (QED) is 0.204. The Morgan fingerprint density at radius 3 is 2.38 bits per heavy atom. The fourth-order valence-corrected chi connectivity index (χ4v) is 5.80. The van der Waals surface area contributed by atoms with E-state index >= 15 is 0 Å². The number of carbonyl (C=O) groups is 4. The van der Waals surface area contributed by atoms with Gasteiger partial charge >= 0.3 is 0 Å². The van der Waals surface area contributed by atoms with Crippen LogP contribution in [0.25, 0.3) is 0 Å². The van der Waals surface area contributed by atoms with Crippen molar-refractivity contribution in [3.05, 3.63) is 82.9 Å². The molecule has 2 atom stereocenters. The third-order valence-electron chi connectivity index (χ3n) is 8.75. The van der Waals surface area contributed by atoms with Crippen molar-refractivity contribution in [2.45, 2.75) is 57.8 Å². The van der Waals surface area contributed by atoms with Crippen molar-refractivity contribution < 1.29 is 42.9 Å². The molecule has 2 aromatic carbocycles. The van der Waals surface area contributed by atoms with Gasteiger partial charge in [0.2, 0.25) is 29.5 Å². The topological polar surface area (TPSA) is 206 Å². The van der Waals surface area contributed by atoms with Crippen LogP contribution in [0.1, 0.15) is 59.9 Å². The van der Waals surface area contributed by atoms with Crippen LogP contribution in [0.5, 0.6) is 29.0 Å². The van der Waals surface area contributed by atoms with E-state index in [0.29, 0.717) is 40.9 Å². The van der Waals surface area contributed by atoms with Crippen LogP contribution in [0, 0.1) is 0 Å². The second kappa shape index (κ2) is 17.6. The molecule has 2 aliphatic rings. The van der Waals surface area contributed by atoms with Crippen molar-refractivity contribution in [3.63, 3.8) is 0 Å². The molecule has 6 rings (SSSR count). The summed E-state index contributed by atoms with van der Waals surface area (Å²) in [4.78, 5) is 63.3. The van der Waals surface area contributed by atoms with Crippen molar-refractivity contribution in [1.82, 2.24) is 41.0 Å². The number of nitrogens with zero attached hydrogens (tertiary/aromatic N) is 4. The van der Waals surface area contributed by atoms with Crippen molar-refractivity contribution >= 4 is 23.6 Å². The van der Waals surface area contributed by atoms with Crippen LogP contribution in [0.3, 0.4) is 0 Å². The molecule has 0 aliphatic carbocycles. The van der Waals surface area contributed by atoms with Gasteiger partial charge in [-0.1, -0.05) is 18.2 Å². The van der Waals surface area contributed by atoms with E-state index in [1.54, 1.807) is 65.3 Å². The van der Waals surface area contributed by atoms with Crippen molar-refractivity contribution in [3.8, 4) is 29.0 Å². The lowest BCUT2D eigenvalue weighted by Gasteiger charge is -2.29. The first-order valence-corrected chi connectivity index (χ1v) is 17.5. The number of methoxy groups -OCH3 is 4. The van der Waals surface area contributed by atoms with Crippen LogP contribution in [0.15, 0.2) is 54.6 Å². The molecule has 4 heterocycles. The van der Waals surface area contributed by atoms with Crippen LogP contribution >= 0.6 is 0 Å². The standard InChI is InChI=1S/C38H46N8O9/c1-22-33-42-30(20-24-10-14-28(51-4)29(19-24)52-5)45-46(33)21-31(47)39-16-17-55-25-11-8-23(9-12-25)18-27(35(49)44-38(2,3)37(50)40-22)41-34(48)26-13-15-32(53-6)43-36(26)54-7/h8-15,19,22,27H,16-18,20-21H2,1-7H3,(H,39,47)(H,40,50)(H,41,48)(H,44,49)/t22-,27+/m1/s1. The minimum Gasteiger partial charge on any atom is -0.493 e. The summed E-state index contributed by atoms with van der Waals surface area (Å²) in [6, 6.07) is 13.5. The number of benzene rings is 2. The Balaban J connectivity index is 1.43. The molecule has 4 aromatic rings. The third-order valence-corrected chi connectivity index (χ3v) is 8.75. The maximum Gasteiger partial charge on any atom is 0.257 e. The normalized spacial score (nSPS) is 17.7. The SMILES string of the molecule is COc1ccc(C(=O)N[C@H]2Cc3ccc(cc3)OCCNC(=O)Cn3nc(Cc4ccc(OC)c(OC)c4)nc3[C@@H](C)NC(=O)C(C)(C)NC2=O)c(OC)n1. The van der Waals surface area contributed by atoms with Crippen LogP contribution in [-0.2, 0) is 33.8 Å². The molecule has 55 heavy (non-hydrogen) atoms. The molecule has 292 valence electrons. The number of pyridine rings is 1. The average Bonchev–Trinajstić information content (AvgIpc) is 3.57. The first-order chi connectivity index (χ1) is 26.3. The largest absolute Gasteiger partial charge is 0.493 e. The third kappa shape index (κ3) is 9.98. The second-order valence-electron chi connectivity index (χ2n) is 13.2. The van der Waals surface area contributed by atoms with E-state index in [9.17, 15) is 19.2 Å². The highest BCUT2D eigenvalue weighted by atomic mass is 16.5. The number of amides is 4. The first kappa shape index (κ1) is 39.8. The Morgan fingerprint density at radius 2 is 1.69 bits per heavy atom. The summed E-state index contributed by atoms with van der Waals surface area (Å²) in [6.45, 7) is 5.00. The summed E-state index contributed by atoms with van der Waals surface area (Å²) in [6.07, 6.45) is 0.363. The Morgan fingerprint density at radius 1 is 0.945 bits per heavy atom. The van der Waals surface area contributed by atoms with Crippen LogP contribution in [0.4, 0.5) is 0 Å². The summed E-state index contributed by atoms with van der Waals surface area (Å²) in [5, 5.41) is 15.9. The molecule has 4 amide bonds. The zero-order valence-electron chi connectivity index (χ0n) is 31.8.